The van der Waals surface area contributed by atoms with E-state index in [1.165, 1.54) is 16.8 Å². The van der Waals surface area contributed by atoms with E-state index >= 15 is 0 Å². The average Bonchev–Trinajstić information content (AvgIpc) is 3.17. The highest BCUT2D eigenvalue weighted by Crippen LogP contribution is 2.34. The second-order valence-corrected chi connectivity index (χ2v) is 8.34. The first-order chi connectivity index (χ1) is 15.0. The summed E-state index contributed by atoms with van der Waals surface area (Å²) in [4.78, 5) is 31.9. The number of ether oxygens (including phenoxy) is 1. The van der Waals surface area contributed by atoms with Gasteiger partial charge in [0.25, 0.3) is 0 Å². The summed E-state index contributed by atoms with van der Waals surface area (Å²) in [6.45, 7) is 10.2. The molecule has 2 fully saturated rings. The second kappa shape index (κ2) is 9.00. The van der Waals surface area contributed by atoms with Crippen LogP contribution in [0.1, 0.15) is 24.5 Å². The van der Waals surface area contributed by atoms with Gasteiger partial charge in [-0.15, -0.1) is 0 Å². The van der Waals surface area contributed by atoms with Gasteiger partial charge in [0.05, 0.1) is 18.2 Å². The number of anilines is 2. The number of nitrogens with zero attached hydrogens (tertiary/aromatic N) is 3. The molecule has 2 heterocycles. The third-order valence-corrected chi connectivity index (χ3v) is 6.44. The van der Waals surface area contributed by atoms with Crippen molar-refractivity contribution in [3.05, 3.63) is 53.6 Å². The van der Waals surface area contributed by atoms with E-state index in [0.717, 1.165) is 18.8 Å². The summed E-state index contributed by atoms with van der Waals surface area (Å²) in [5.41, 5.74) is 4.59. The zero-order chi connectivity index (χ0) is 22.0. The van der Waals surface area contributed by atoms with Crippen LogP contribution in [0, 0.1) is 19.8 Å². The summed E-state index contributed by atoms with van der Waals surface area (Å²) in [5.74, 6) is 0.466. The van der Waals surface area contributed by atoms with E-state index in [1.54, 1.807) is 4.90 Å². The zero-order valence-electron chi connectivity index (χ0n) is 18.6. The molecule has 4 rings (SSSR count). The number of carbonyl (C=O) groups is 2. The third kappa shape index (κ3) is 4.24. The summed E-state index contributed by atoms with van der Waals surface area (Å²) in [7, 11) is 0. The molecule has 0 spiro atoms. The topological polar surface area (TPSA) is 53.1 Å². The van der Waals surface area contributed by atoms with Crippen molar-refractivity contribution in [1.29, 1.82) is 0 Å². The van der Waals surface area contributed by atoms with Crippen molar-refractivity contribution in [3.63, 3.8) is 0 Å². The molecule has 31 heavy (non-hydrogen) atoms. The molecular weight excluding hydrogens is 390 g/mol. The van der Waals surface area contributed by atoms with Crippen LogP contribution in [0.5, 0.6) is 5.75 Å². The van der Waals surface area contributed by atoms with Gasteiger partial charge in [0, 0.05) is 44.8 Å². The third-order valence-electron chi connectivity index (χ3n) is 6.44. The predicted molar refractivity (Wildman–Crippen MR) is 123 cm³/mol. The minimum Gasteiger partial charge on any atom is -0.492 e. The number of benzene rings is 2. The lowest BCUT2D eigenvalue weighted by atomic mass is 10.1. The predicted octanol–water partition coefficient (Wildman–Crippen LogP) is 3.40. The highest BCUT2D eigenvalue weighted by molar-refractivity contribution is 6.01. The molecule has 0 saturated carbocycles. The minimum atomic E-state index is -0.297. The summed E-state index contributed by atoms with van der Waals surface area (Å²) in [6.07, 6.45) is 0.260. The monoisotopic (exact) mass is 421 g/mol. The number of carbonyl (C=O) groups excluding carboxylic acids is 2. The Kier molecular flexibility index (Phi) is 6.16. The molecule has 2 amide bonds. The molecule has 2 aromatic carbocycles. The van der Waals surface area contributed by atoms with Crippen LogP contribution in [-0.2, 0) is 9.59 Å². The second-order valence-electron chi connectivity index (χ2n) is 8.34. The number of aryl methyl sites for hydroxylation is 1. The molecule has 164 valence electrons. The quantitative estimate of drug-likeness (QED) is 0.743. The molecule has 0 N–H and O–H groups in total. The van der Waals surface area contributed by atoms with Crippen molar-refractivity contribution >= 4 is 23.2 Å². The Morgan fingerprint density at radius 1 is 1.00 bits per heavy atom. The fourth-order valence-electron chi connectivity index (χ4n) is 4.57. The largest absolute Gasteiger partial charge is 0.492 e. The molecule has 6 heteroatoms. The van der Waals surface area contributed by atoms with Crippen molar-refractivity contribution in [2.45, 2.75) is 27.2 Å². The van der Waals surface area contributed by atoms with E-state index in [9.17, 15) is 9.59 Å². The number of piperazine rings is 1. The molecule has 2 aliphatic heterocycles. The van der Waals surface area contributed by atoms with Crippen LogP contribution in [-0.4, -0.2) is 56.0 Å². The fraction of sp³-hybridized carbons (Fsp3) is 0.440. The van der Waals surface area contributed by atoms with E-state index in [-0.39, 0.29) is 24.2 Å². The summed E-state index contributed by atoms with van der Waals surface area (Å²) >= 11 is 0. The molecule has 1 atom stereocenters. The van der Waals surface area contributed by atoms with Crippen molar-refractivity contribution in [2.24, 2.45) is 5.92 Å². The van der Waals surface area contributed by atoms with Gasteiger partial charge in [0.1, 0.15) is 5.75 Å². The Labute approximate surface area is 184 Å². The molecule has 2 aromatic rings. The zero-order valence-corrected chi connectivity index (χ0v) is 18.6. The van der Waals surface area contributed by atoms with Gasteiger partial charge in [0.15, 0.2) is 0 Å². The highest BCUT2D eigenvalue weighted by atomic mass is 16.5. The molecular formula is C25H31N3O3. The molecule has 0 aromatic heterocycles. The Balaban J connectivity index is 1.40. The van der Waals surface area contributed by atoms with Gasteiger partial charge in [0.2, 0.25) is 11.8 Å². The van der Waals surface area contributed by atoms with Crippen molar-refractivity contribution < 1.29 is 14.3 Å². The van der Waals surface area contributed by atoms with Crippen LogP contribution >= 0.6 is 0 Å². The average molecular weight is 422 g/mol. The van der Waals surface area contributed by atoms with Gasteiger partial charge < -0.3 is 19.4 Å². The number of hydrogen-bond acceptors (Lipinski definition) is 4. The molecule has 0 radical (unpaired) electrons. The first kappa shape index (κ1) is 21.2. The van der Waals surface area contributed by atoms with Crippen LogP contribution in [0.3, 0.4) is 0 Å². The highest BCUT2D eigenvalue weighted by Gasteiger charge is 2.38. The summed E-state index contributed by atoms with van der Waals surface area (Å²) in [5, 5.41) is 0. The van der Waals surface area contributed by atoms with Crippen LogP contribution in [0.25, 0.3) is 0 Å². The minimum absolute atomic E-state index is 0.0143. The van der Waals surface area contributed by atoms with Crippen LogP contribution in [0.4, 0.5) is 11.4 Å². The summed E-state index contributed by atoms with van der Waals surface area (Å²) in [6, 6.07) is 13.9. The number of amides is 2. The number of hydrogen-bond donors (Lipinski definition) is 0. The maximum Gasteiger partial charge on any atom is 0.228 e. The van der Waals surface area contributed by atoms with Crippen molar-refractivity contribution in [2.75, 3.05) is 49.1 Å². The van der Waals surface area contributed by atoms with Gasteiger partial charge in [-0.3, -0.25) is 9.59 Å². The molecule has 2 aliphatic rings. The fourth-order valence-corrected chi connectivity index (χ4v) is 4.57. The van der Waals surface area contributed by atoms with E-state index in [1.807, 2.05) is 36.1 Å². The smallest absolute Gasteiger partial charge is 0.228 e. The van der Waals surface area contributed by atoms with Crippen LogP contribution in [0.2, 0.25) is 0 Å². The maximum atomic E-state index is 13.2. The van der Waals surface area contributed by atoms with Crippen LogP contribution < -0.4 is 14.5 Å². The van der Waals surface area contributed by atoms with E-state index in [4.69, 9.17) is 4.74 Å². The van der Waals surface area contributed by atoms with Crippen molar-refractivity contribution in [1.82, 2.24) is 4.90 Å². The molecule has 0 bridgehead atoms. The first-order valence-electron chi connectivity index (χ1n) is 11.1. The lowest BCUT2D eigenvalue weighted by molar-refractivity contribution is -0.136. The molecule has 6 nitrogen and oxygen atoms in total. The van der Waals surface area contributed by atoms with Gasteiger partial charge >= 0.3 is 0 Å². The van der Waals surface area contributed by atoms with E-state index in [2.05, 4.69) is 36.9 Å². The first-order valence-corrected chi connectivity index (χ1v) is 11.1. The maximum absolute atomic E-state index is 13.2. The molecule has 0 unspecified atom stereocenters. The SMILES string of the molecule is CCOc1ccccc1N1C[C@H](C(=O)N2CCN(c3cccc(C)c3C)CC2)CC1=O. The van der Waals surface area contributed by atoms with E-state index in [0.29, 0.717) is 32.0 Å². The lowest BCUT2D eigenvalue weighted by Gasteiger charge is -2.38. The summed E-state index contributed by atoms with van der Waals surface area (Å²) < 4.78 is 5.69. The van der Waals surface area contributed by atoms with Crippen molar-refractivity contribution in [3.8, 4) is 5.75 Å². The van der Waals surface area contributed by atoms with Crippen LogP contribution in [0.15, 0.2) is 42.5 Å². The normalized spacial score (nSPS) is 19.1. The van der Waals surface area contributed by atoms with Gasteiger partial charge in [-0.2, -0.15) is 0 Å². The Morgan fingerprint density at radius 2 is 1.71 bits per heavy atom. The Hall–Kier alpha value is -3.02. The van der Waals surface area contributed by atoms with E-state index < -0.39 is 0 Å². The standard InChI is InChI=1S/C25H31N3O3/c1-4-31-23-11-6-5-9-22(23)28-17-20(16-24(28)29)25(30)27-14-12-26(13-15-27)21-10-7-8-18(2)19(21)3/h5-11,20H,4,12-17H2,1-3H3/t20-/m1/s1. The Bertz CT molecular complexity index is 966. The van der Waals surface area contributed by atoms with Gasteiger partial charge in [-0.05, 0) is 50.1 Å². The van der Waals surface area contributed by atoms with Gasteiger partial charge in [-0.1, -0.05) is 24.3 Å². The number of para-hydroxylation sites is 2. The number of rotatable bonds is 5. The van der Waals surface area contributed by atoms with Gasteiger partial charge in [-0.25, -0.2) is 0 Å². The molecule has 2 saturated heterocycles. The molecule has 0 aliphatic carbocycles. The Morgan fingerprint density at radius 3 is 2.45 bits per heavy atom. The lowest BCUT2D eigenvalue weighted by Crippen LogP contribution is -2.51.